The van der Waals surface area contributed by atoms with Crippen molar-refractivity contribution >= 4 is 219 Å². The van der Waals surface area contributed by atoms with Gasteiger partial charge in [-0.25, -0.2) is 0 Å². The molecule has 0 aliphatic heterocycles. The molecule has 11 aromatic rings. The summed E-state index contributed by atoms with van der Waals surface area (Å²) in [6.07, 6.45) is 0. The first kappa shape index (κ1) is 19.4. The van der Waals surface area contributed by atoms with Crippen molar-refractivity contribution in [2.24, 2.45) is 0 Å². The lowest BCUT2D eigenvalue weighted by atomic mass is 10.4. The highest BCUT2D eigenvalue weighted by Crippen LogP contribution is 2.60. The highest BCUT2D eigenvalue weighted by molar-refractivity contribution is 7.55. The predicted octanol–water partition coefficient (Wildman–Crippen LogP) is 13.9. The molecule has 0 saturated carbocycles. The van der Waals surface area contributed by atoms with Crippen LogP contribution in [0.5, 0.6) is 0 Å². The third kappa shape index (κ3) is 2.15. The summed E-state index contributed by atoms with van der Waals surface area (Å²) in [5, 5.41) is 4.48. The maximum absolute atomic E-state index is 2.29. The lowest BCUT2D eigenvalue weighted by Crippen LogP contribution is -1.46. The van der Waals surface area contributed by atoms with Crippen LogP contribution < -0.4 is 0 Å². The number of thiophene rings is 11. The number of fused-ring (bicyclic) bond motifs is 19. The third-order valence-corrected chi connectivity index (χ3v) is 21.9. The monoisotopic (exact) mass is 644 g/mol. The molecular weight excluding hydrogens is 641 g/mol. The average molecular weight is 645 g/mol. The van der Waals surface area contributed by atoms with E-state index < -0.39 is 0 Å². The first-order valence-corrected chi connectivity index (χ1v) is 19.7. The van der Waals surface area contributed by atoms with Crippen molar-refractivity contribution in [2.45, 2.75) is 0 Å². The summed E-state index contributed by atoms with van der Waals surface area (Å²) in [5.41, 5.74) is 0. The molecule has 0 nitrogen and oxygen atoms in total. The fourth-order valence-corrected chi connectivity index (χ4v) is 21.6. The molecule has 0 amide bonds. The summed E-state index contributed by atoms with van der Waals surface area (Å²) in [4.78, 5) is 0. The van der Waals surface area contributed by atoms with Crippen LogP contribution in [0.15, 0.2) is 22.9 Å². The van der Waals surface area contributed by atoms with E-state index in [0.29, 0.717) is 0 Å². The highest BCUT2D eigenvalue weighted by atomic mass is 32.2. The molecule has 0 N–H and O–H groups in total. The van der Waals surface area contributed by atoms with E-state index in [2.05, 4.69) is 56.9 Å². The Bertz CT molecular complexity index is 2470. The molecule has 11 heterocycles. The Morgan fingerprint density at radius 3 is 0.771 bits per heavy atom. The van der Waals surface area contributed by atoms with E-state index in [9.17, 15) is 0 Å². The minimum atomic E-state index is 1.46. The van der Waals surface area contributed by atoms with Gasteiger partial charge in [0.25, 0.3) is 0 Å². The largest absolute Gasteiger partial charge is 0.141 e. The molecule has 0 aliphatic rings. The van der Waals surface area contributed by atoms with Crippen molar-refractivity contribution in [3.05, 3.63) is 22.9 Å². The minimum Gasteiger partial charge on any atom is -0.141 e. The van der Waals surface area contributed by atoms with Crippen molar-refractivity contribution in [1.82, 2.24) is 0 Å². The van der Waals surface area contributed by atoms with Crippen molar-refractivity contribution in [1.29, 1.82) is 0 Å². The van der Waals surface area contributed by atoms with E-state index in [1.165, 1.54) is 94.0 Å². The van der Waals surface area contributed by atoms with Crippen LogP contribution in [0.25, 0.3) is 94.0 Å². The first-order chi connectivity index (χ1) is 17.3. The molecule has 0 unspecified atom stereocenters. The molecule has 0 aliphatic carbocycles. The fourth-order valence-electron chi connectivity index (χ4n) is 5.15. The standard InChI is InChI=1S/C24H4S11/c1-3-25-7-5(1)27-11-9(7)29-15-13(11)31-19-17(15)33-23-21(19)35-22-20-18(34-24(22)23)16-14(32-20)12-10(30-16)8-6(28-12)2-4-26-8/h1-4H. The van der Waals surface area contributed by atoms with Crippen molar-refractivity contribution in [3.8, 4) is 0 Å². The van der Waals surface area contributed by atoms with Gasteiger partial charge in [-0.15, -0.1) is 125 Å². The van der Waals surface area contributed by atoms with Crippen LogP contribution >= 0.6 is 125 Å². The van der Waals surface area contributed by atoms with E-state index in [-0.39, 0.29) is 0 Å². The van der Waals surface area contributed by atoms with Gasteiger partial charge >= 0.3 is 0 Å². The maximum Gasteiger partial charge on any atom is 0.0652 e. The second-order valence-electron chi connectivity index (χ2n) is 8.41. The Morgan fingerprint density at radius 1 is 0.257 bits per heavy atom. The summed E-state index contributed by atoms with van der Waals surface area (Å²) in [6, 6.07) is 4.57. The summed E-state index contributed by atoms with van der Waals surface area (Å²) >= 11 is 22.1. The first-order valence-electron chi connectivity index (χ1n) is 10.5. The number of rotatable bonds is 0. The molecule has 166 valence electrons. The summed E-state index contributed by atoms with van der Waals surface area (Å²) < 4.78 is 30.3. The van der Waals surface area contributed by atoms with E-state index in [1.54, 1.807) is 0 Å². The molecule has 0 fully saturated rings. The van der Waals surface area contributed by atoms with Crippen LogP contribution in [0.2, 0.25) is 0 Å². The van der Waals surface area contributed by atoms with E-state index in [0.717, 1.165) is 0 Å². The predicted molar refractivity (Wildman–Crippen MR) is 178 cm³/mol. The quantitative estimate of drug-likeness (QED) is 0.154. The lowest BCUT2D eigenvalue weighted by Gasteiger charge is -1.80. The van der Waals surface area contributed by atoms with Gasteiger partial charge in [0.1, 0.15) is 0 Å². The topological polar surface area (TPSA) is 0 Å². The highest BCUT2D eigenvalue weighted by Gasteiger charge is 2.26. The van der Waals surface area contributed by atoms with E-state index >= 15 is 0 Å². The normalized spacial score (nSPS) is 13.7. The second-order valence-corrected chi connectivity index (χ2v) is 19.5. The molecule has 0 radical (unpaired) electrons. The van der Waals surface area contributed by atoms with Crippen molar-refractivity contribution in [2.75, 3.05) is 0 Å². The fraction of sp³-hybridized carbons (Fsp3) is 0. The molecule has 0 bridgehead atoms. The molecule has 0 atom stereocenters. The molecule has 11 aromatic heterocycles. The zero-order valence-electron chi connectivity index (χ0n) is 16.8. The zero-order valence-corrected chi connectivity index (χ0v) is 25.8. The van der Waals surface area contributed by atoms with Crippen LogP contribution in [0.4, 0.5) is 0 Å². The molecular formula is C24H4S11. The molecule has 11 rings (SSSR count). The van der Waals surface area contributed by atoms with Crippen LogP contribution in [0.3, 0.4) is 0 Å². The smallest absolute Gasteiger partial charge is 0.0652 e. The Hall–Kier alpha value is -0.700. The van der Waals surface area contributed by atoms with Crippen molar-refractivity contribution in [3.63, 3.8) is 0 Å². The lowest BCUT2D eigenvalue weighted by molar-refractivity contribution is 2.26. The Balaban J connectivity index is 1.24. The Kier molecular flexibility index (Phi) is 3.48. The Morgan fingerprint density at radius 2 is 0.486 bits per heavy atom. The van der Waals surface area contributed by atoms with E-state index in [4.69, 9.17) is 0 Å². The zero-order chi connectivity index (χ0) is 22.2. The molecule has 35 heavy (non-hydrogen) atoms. The average Bonchev–Trinajstić information content (AvgIpc) is 3.64. The van der Waals surface area contributed by atoms with Gasteiger partial charge in [-0.2, -0.15) is 0 Å². The Labute approximate surface area is 238 Å². The molecule has 11 heteroatoms. The van der Waals surface area contributed by atoms with Crippen LogP contribution in [-0.4, -0.2) is 0 Å². The van der Waals surface area contributed by atoms with Gasteiger partial charge in [-0.1, -0.05) is 0 Å². The molecule has 0 saturated heterocycles. The van der Waals surface area contributed by atoms with Gasteiger partial charge in [0.05, 0.1) is 84.6 Å². The van der Waals surface area contributed by atoms with Crippen molar-refractivity contribution < 1.29 is 0 Å². The summed E-state index contributed by atoms with van der Waals surface area (Å²) in [6.45, 7) is 0. The minimum absolute atomic E-state index is 1.46. The molecule has 0 spiro atoms. The third-order valence-electron chi connectivity index (χ3n) is 6.62. The van der Waals surface area contributed by atoms with Gasteiger partial charge in [0.2, 0.25) is 0 Å². The molecule has 0 aromatic carbocycles. The van der Waals surface area contributed by atoms with Crippen LogP contribution in [-0.2, 0) is 0 Å². The van der Waals surface area contributed by atoms with Crippen LogP contribution in [0.1, 0.15) is 0 Å². The van der Waals surface area contributed by atoms with Gasteiger partial charge in [0, 0.05) is 9.40 Å². The van der Waals surface area contributed by atoms with Gasteiger partial charge in [-0.3, -0.25) is 0 Å². The summed E-state index contributed by atoms with van der Waals surface area (Å²) in [5.74, 6) is 0. The summed E-state index contributed by atoms with van der Waals surface area (Å²) in [7, 11) is 0. The van der Waals surface area contributed by atoms with Gasteiger partial charge in [0.15, 0.2) is 0 Å². The second kappa shape index (κ2) is 6.29. The van der Waals surface area contributed by atoms with Gasteiger partial charge in [-0.05, 0) is 22.9 Å². The van der Waals surface area contributed by atoms with Crippen LogP contribution in [0, 0.1) is 0 Å². The number of hydrogen-bond donors (Lipinski definition) is 0. The maximum atomic E-state index is 2.29. The SMILES string of the molecule is c1cc2sc3c(sc4c3sc3c4sc4c3sc3c5sc6c7sc8ccsc8c7sc6c5sc34)c2s1. The van der Waals surface area contributed by atoms with Gasteiger partial charge < -0.3 is 0 Å². The van der Waals surface area contributed by atoms with E-state index in [1.807, 2.05) is 90.7 Å². The number of hydrogen-bond acceptors (Lipinski definition) is 11.